The van der Waals surface area contributed by atoms with Gasteiger partial charge < -0.3 is 35.5 Å². The lowest BCUT2D eigenvalue weighted by molar-refractivity contribution is 0.0817. The van der Waals surface area contributed by atoms with Crippen LogP contribution in [0.25, 0.3) is 33.5 Å². The van der Waals surface area contributed by atoms with Crippen LogP contribution in [0.4, 0.5) is 11.4 Å². The molecule has 7 rings (SSSR count). The van der Waals surface area contributed by atoms with Crippen molar-refractivity contribution in [2.45, 2.75) is 19.8 Å². The van der Waals surface area contributed by atoms with Crippen LogP contribution in [0, 0.1) is 0 Å². The van der Waals surface area contributed by atoms with E-state index in [-0.39, 0.29) is 0 Å². The predicted molar refractivity (Wildman–Crippen MR) is 266 cm³/mol. The van der Waals surface area contributed by atoms with Crippen molar-refractivity contribution in [3.05, 3.63) is 150 Å². The topological polar surface area (TPSA) is 169 Å². The summed E-state index contributed by atoms with van der Waals surface area (Å²) in [6.07, 6.45) is 2.04. The van der Waals surface area contributed by atoms with Crippen molar-refractivity contribution in [2.24, 2.45) is 0 Å². The van der Waals surface area contributed by atoms with E-state index in [1.54, 1.807) is 77.0 Å². The maximum atomic E-state index is 12.1. The van der Waals surface area contributed by atoms with Gasteiger partial charge in [-0.2, -0.15) is 0 Å². The molecule has 328 valence electrons. The average molecular weight is 1110 g/mol. The van der Waals surface area contributed by atoms with Crippen LogP contribution >= 0.6 is 63.7 Å². The van der Waals surface area contributed by atoms with E-state index in [9.17, 15) is 9.59 Å². The van der Waals surface area contributed by atoms with Gasteiger partial charge in [0, 0.05) is 46.8 Å². The fourth-order valence-electron chi connectivity index (χ4n) is 5.46. The number of methoxy groups -OCH3 is 4. The number of nitrogen functional groups attached to an aromatic ring is 2. The molecule has 7 aromatic rings. The fourth-order valence-corrected chi connectivity index (χ4v) is 6.97. The van der Waals surface area contributed by atoms with Crippen LogP contribution in [-0.2, 0) is 0 Å². The number of anilines is 2. The van der Waals surface area contributed by atoms with E-state index >= 15 is 0 Å². The SMILES string of the molecule is CCCCO.COc1ccc(-c2nc3c(Br)ccc(Br)c3nc2-c2ccc(OC)cc2)cc1.COc1ccc(C(=O)C(=O)c2ccc(OC)cc2)cc1.Nc1c(Br)ccc(Br)c1N. The molecule has 0 radical (unpaired) electrons. The molecule has 5 N–H and O–H groups in total. The molecule has 15 heteroatoms. The first-order valence-corrected chi connectivity index (χ1v) is 22.4. The molecule has 0 amide bonds. The van der Waals surface area contributed by atoms with Crippen LogP contribution in [0.5, 0.6) is 23.0 Å². The van der Waals surface area contributed by atoms with Gasteiger partial charge >= 0.3 is 0 Å². The van der Waals surface area contributed by atoms with Crippen molar-refractivity contribution >= 4 is 97.7 Å². The zero-order valence-corrected chi connectivity index (χ0v) is 41.5. The molecule has 0 spiro atoms. The van der Waals surface area contributed by atoms with Gasteiger partial charge in [-0.1, -0.05) is 13.3 Å². The number of unbranched alkanes of at least 4 members (excludes halogenated alkanes) is 1. The Balaban J connectivity index is 0.000000215. The van der Waals surface area contributed by atoms with Crippen LogP contribution in [0.3, 0.4) is 0 Å². The second-order valence-electron chi connectivity index (χ2n) is 13.2. The van der Waals surface area contributed by atoms with Gasteiger partial charge in [0.25, 0.3) is 0 Å². The second kappa shape index (κ2) is 25.1. The summed E-state index contributed by atoms with van der Waals surface area (Å²) in [6, 6.07) is 36.2. The average Bonchev–Trinajstić information content (AvgIpc) is 3.33. The molecule has 0 bridgehead atoms. The zero-order chi connectivity index (χ0) is 46.1. The van der Waals surface area contributed by atoms with Gasteiger partial charge in [0.2, 0.25) is 11.6 Å². The molecule has 1 heterocycles. The number of aliphatic hydroxyl groups excluding tert-OH is 1. The molecular formula is C48H46Br4N4O7. The van der Waals surface area contributed by atoms with Gasteiger partial charge in [-0.05, 0) is 191 Å². The Labute approximate surface area is 400 Å². The van der Waals surface area contributed by atoms with Gasteiger partial charge in [0.05, 0.1) is 51.2 Å². The first-order valence-electron chi connectivity index (χ1n) is 19.2. The van der Waals surface area contributed by atoms with Crippen LogP contribution in [-0.4, -0.2) is 61.7 Å². The first-order chi connectivity index (χ1) is 30.3. The summed E-state index contributed by atoms with van der Waals surface area (Å²) in [6.45, 7) is 2.40. The standard InChI is InChI=1S/C22H16Br2N2O2.C16H14O4.C6H6Br2N2.C4H10O/c1-27-15-7-3-13(4-8-15)19-20(14-5-9-16(28-2)10-6-14)26-22-18(24)12-11-17(23)21(22)25-19;1-19-13-7-3-11(4-8-13)15(17)16(18)12-5-9-14(20-2)10-6-12;7-3-1-2-4(8)6(10)5(3)9;1-2-3-4-5/h3-12H,1-2H3;3-10H,1-2H3;1-2H,9-10H2;5H,2-4H2,1H3. The van der Waals surface area contributed by atoms with Gasteiger partial charge in [0.15, 0.2) is 0 Å². The Kier molecular flexibility index (Phi) is 20.0. The Hall–Kier alpha value is -5.32. The largest absolute Gasteiger partial charge is 0.497 e. The normalized spacial score (nSPS) is 10.2. The number of Topliss-reactive ketones (excluding diaryl/α,β-unsaturated/α-hetero) is 2. The van der Waals surface area contributed by atoms with E-state index in [1.165, 1.54) is 0 Å². The Morgan fingerprint density at radius 1 is 0.492 bits per heavy atom. The summed E-state index contributed by atoms with van der Waals surface area (Å²) in [4.78, 5) is 34.1. The monoisotopic (exact) mass is 1110 g/mol. The molecule has 1 aromatic heterocycles. The molecule has 6 aromatic carbocycles. The predicted octanol–water partition coefficient (Wildman–Crippen LogP) is 12.4. The maximum Gasteiger partial charge on any atom is 0.233 e. The van der Waals surface area contributed by atoms with Crippen LogP contribution in [0.2, 0.25) is 0 Å². The molecule has 63 heavy (non-hydrogen) atoms. The summed E-state index contributed by atoms with van der Waals surface area (Å²) in [7, 11) is 6.39. The Morgan fingerprint density at radius 2 is 0.778 bits per heavy atom. The van der Waals surface area contributed by atoms with E-state index in [0.29, 0.717) is 40.6 Å². The minimum absolute atomic E-state index is 0.339. The van der Waals surface area contributed by atoms with Crippen molar-refractivity contribution < 1.29 is 33.6 Å². The Morgan fingerprint density at radius 3 is 1.03 bits per heavy atom. The van der Waals surface area contributed by atoms with Crippen molar-refractivity contribution in [2.75, 3.05) is 46.5 Å². The van der Waals surface area contributed by atoms with Gasteiger partial charge in [-0.25, -0.2) is 9.97 Å². The van der Waals surface area contributed by atoms with Gasteiger partial charge in [-0.3, -0.25) is 9.59 Å². The number of nitrogens with zero attached hydrogens (tertiary/aromatic N) is 2. The summed E-state index contributed by atoms with van der Waals surface area (Å²) in [5.41, 5.74) is 18.1. The minimum atomic E-state index is -0.544. The number of benzene rings is 6. The maximum absolute atomic E-state index is 12.1. The zero-order valence-electron chi connectivity index (χ0n) is 35.1. The van der Waals surface area contributed by atoms with Crippen molar-refractivity contribution in [1.29, 1.82) is 0 Å². The van der Waals surface area contributed by atoms with Gasteiger partial charge in [0.1, 0.15) is 34.0 Å². The summed E-state index contributed by atoms with van der Waals surface area (Å²) in [5, 5.41) is 8.07. The molecule has 0 aliphatic carbocycles. The third-order valence-electron chi connectivity index (χ3n) is 9.05. The lowest BCUT2D eigenvalue weighted by Gasteiger charge is -2.13. The van der Waals surface area contributed by atoms with E-state index in [0.717, 1.165) is 75.8 Å². The number of aromatic nitrogens is 2. The molecule has 11 nitrogen and oxygen atoms in total. The van der Waals surface area contributed by atoms with Crippen LogP contribution in [0.1, 0.15) is 40.5 Å². The van der Waals surface area contributed by atoms with Crippen molar-refractivity contribution in [1.82, 2.24) is 9.97 Å². The molecule has 0 fully saturated rings. The summed E-state index contributed by atoms with van der Waals surface area (Å²) < 4.78 is 24.0. The molecule has 0 atom stereocenters. The number of hydrogen-bond donors (Lipinski definition) is 3. The number of nitrogens with two attached hydrogens (primary N) is 2. The second-order valence-corrected chi connectivity index (χ2v) is 16.6. The number of fused-ring (bicyclic) bond motifs is 1. The highest BCUT2D eigenvalue weighted by Crippen LogP contribution is 2.37. The lowest BCUT2D eigenvalue weighted by atomic mass is 10.0. The summed E-state index contributed by atoms with van der Waals surface area (Å²) in [5.74, 6) is 1.78. The minimum Gasteiger partial charge on any atom is -0.497 e. The van der Waals surface area contributed by atoms with Crippen molar-refractivity contribution in [3.63, 3.8) is 0 Å². The number of halogens is 4. The number of rotatable bonds is 11. The highest BCUT2D eigenvalue weighted by Gasteiger charge is 2.19. The number of carbonyl (C=O) groups excluding carboxylic acids is 2. The molecule has 0 saturated heterocycles. The number of ether oxygens (including phenoxy) is 4. The summed E-state index contributed by atoms with van der Waals surface area (Å²) >= 11 is 13.7. The third-order valence-corrected chi connectivity index (χ3v) is 11.7. The third kappa shape index (κ3) is 13.8. The lowest BCUT2D eigenvalue weighted by Crippen LogP contribution is -2.14. The van der Waals surface area contributed by atoms with Crippen LogP contribution in [0.15, 0.2) is 139 Å². The Bertz CT molecular complexity index is 2420. The molecule has 0 unspecified atom stereocenters. The van der Waals surface area contributed by atoms with E-state index < -0.39 is 11.6 Å². The highest BCUT2D eigenvalue weighted by molar-refractivity contribution is 9.11. The van der Waals surface area contributed by atoms with Crippen LogP contribution < -0.4 is 30.4 Å². The fraction of sp³-hybridized carbons (Fsp3) is 0.167. The molecule has 0 saturated carbocycles. The van der Waals surface area contributed by atoms with E-state index in [4.69, 9.17) is 45.5 Å². The first kappa shape index (κ1) is 50.3. The van der Waals surface area contributed by atoms with E-state index in [1.807, 2.05) is 72.8 Å². The quantitative estimate of drug-likeness (QED) is 0.0640. The van der Waals surface area contributed by atoms with Gasteiger partial charge in [-0.15, -0.1) is 0 Å². The number of ketones is 2. The van der Waals surface area contributed by atoms with E-state index in [2.05, 4.69) is 70.6 Å². The number of aliphatic hydroxyl groups is 1. The highest BCUT2D eigenvalue weighted by atomic mass is 79.9. The smallest absolute Gasteiger partial charge is 0.233 e. The molecule has 0 aliphatic rings. The number of hydrogen-bond acceptors (Lipinski definition) is 11. The molecule has 0 aliphatic heterocycles. The number of carbonyl (C=O) groups is 2. The van der Waals surface area contributed by atoms with Crippen molar-refractivity contribution in [3.8, 4) is 45.5 Å². The molecular weight excluding hydrogens is 1060 g/mol.